The van der Waals surface area contributed by atoms with Gasteiger partial charge in [0.05, 0.1) is 17.8 Å². The molecule has 8 heteroatoms. The van der Waals surface area contributed by atoms with E-state index in [1.54, 1.807) is 13.3 Å². The molecule has 23 heavy (non-hydrogen) atoms. The molecule has 4 rings (SSSR count). The third kappa shape index (κ3) is 2.71. The minimum Gasteiger partial charge on any atom is -0.380 e. The molecule has 2 atom stereocenters. The lowest BCUT2D eigenvalue weighted by Gasteiger charge is -2.20. The fraction of sp³-hybridized carbons (Fsp3) is 0.467. The molecule has 0 radical (unpaired) electrons. The van der Waals surface area contributed by atoms with Crippen LogP contribution in [0.3, 0.4) is 0 Å². The molecule has 1 N–H and O–H groups in total. The van der Waals surface area contributed by atoms with Crippen LogP contribution in [0.25, 0.3) is 5.78 Å². The van der Waals surface area contributed by atoms with E-state index in [2.05, 4.69) is 30.0 Å². The summed E-state index contributed by atoms with van der Waals surface area (Å²) in [5.41, 5.74) is 0.984. The first-order valence-corrected chi connectivity index (χ1v) is 7.67. The van der Waals surface area contributed by atoms with E-state index in [1.807, 2.05) is 29.8 Å². The second-order valence-electron chi connectivity index (χ2n) is 5.88. The summed E-state index contributed by atoms with van der Waals surface area (Å²) in [5, 5.41) is 7.26. The number of ether oxygens (including phenoxy) is 1. The molecular weight excluding hydrogens is 294 g/mol. The highest BCUT2D eigenvalue weighted by Gasteiger charge is 2.35. The smallest absolute Gasteiger partial charge is 0.233 e. The molecule has 0 amide bonds. The van der Waals surface area contributed by atoms with Gasteiger partial charge in [0.2, 0.25) is 5.78 Å². The van der Waals surface area contributed by atoms with Gasteiger partial charge in [-0.2, -0.15) is 5.10 Å². The van der Waals surface area contributed by atoms with Gasteiger partial charge in [-0.15, -0.1) is 0 Å². The lowest BCUT2D eigenvalue weighted by Crippen LogP contribution is -2.25. The first-order chi connectivity index (χ1) is 11.2. The van der Waals surface area contributed by atoms with Crippen LogP contribution in [0.2, 0.25) is 0 Å². The zero-order chi connectivity index (χ0) is 15.8. The summed E-state index contributed by atoms with van der Waals surface area (Å²) < 4.78 is 7.49. The number of fused-ring (bicyclic) bond motifs is 1. The van der Waals surface area contributed by atoms with Crippen molar-refractivity contribution in [3.63, 3.8) is 0 Å². The molecule has 3 aromatic heterocycles. The second kappa shape index (κ2) is 5.71. The van der Waals surface area contributed by atoms with Gasteiger partial charge >= 0.3 is 0 Å². The molecule has 1 aliphatic heterocycles. The molecule has 1 aliphatic rings. The Morgan fingerprint density at radius 1 is 1.39 bits per heavy atom. The maximum absolute atomic E-state index is 5.55. The summed E-state index contributed by atoms with van der Waals surface area (Å²) in [4.78, 5) is 15.7. The predicted molar refractivity (Wildman–Crippen MR) is 82.7 cm³/mol. The van der Waals surface area contributed by atoms with Gasteiger partial charge in [0.15, 0.2) is 5.82 Å². The van der Waals surface area contributed by atoms with Crippen molar-refractivity contribution in [1.29, 1.82) is 0 Å². The standard InChI is InChI=1S/C15H19N7O/c1-10-17-14(20-19-10)13-6-12(23-2)9-22(13)8-11-7-21-5-3-4-16-15(21)18-11/h3-5,7,12-13H,6,8-9H2,1-2H3,(H,17,19,20)/t12-,13+/m1/s1. The van der Waals surface area contributed by atoms with E-state index >= 15 is 0 Å². The maximum atomic E-state index is 5.55. The summed E-state index contributed by atoms with van der Waals surface area (Å²) in [6.07, 6.45) is 6.80. The first-order valence-electron chi connectivity index (χ1n) is 7.67. The Hall–Kier alpha value is -2.32. The van der Waals surface area contributed by atoms with Crippen LogP contribution < -0.4 is 0 Å². The summed E-state index contributed by atoms with van der Waals surface area (Å²) in [5.74, 6) is 2.37. The highest BCUT2D eigenvalue weighted by atomic mass is 16.5. The number of methoxy groups -OCH3 is 1. The molecule has 0 spiro atoms. The Balaban J connectivity index is 1.59. The number of imidazole rings is 1. The number of hydrogen-bond acceptors (Lipinski definition) is 6. The monoisotopic (exact) mass is 313 g/mol. The number of aromatic nitrogens is 6. The van der Waals surface area contributed by atoms with Crippen LogP contribution in [0, 0.1) is 6.92 Å². The average molecular weight is 313 g/mol. The number of aryl methyl sites for hydroxylation is 1. The Bertz CT molecular complexity index is 778. The van der Waals surface area contributed by atoms with Gasteiger partial charge in [0.25, 0.3) is 0 Å². The van der Waals surface area contributed by atoms with Crippen LogP contribution in [-0.2, 0) is 11.3 Å². The fourth-order valence-electron chi connectivity index (χ4n) is 3.15. The van der Waals surface area contributed by atoms with Gasteiger partial charge in [-0.25, -0.2) is 15.0 Å². The molecule has 120 valence electrons. The first kappa shape index (κ1) is 14.3. The van der Waals surface area contributed by atoms with E-state index < -0.39 is 0 Å². The van der Waals surface area contributed by atoms with E-state index in [1.165, 1.54) is 0 Å². The number of H-pyrrole nitrogens is 1. The van der Waals surface area contributed by atoms with Crippen LogP contribution in [0.4, 0.5) is 0 Å². The van der Waals surface area contributed by atoms with Crippen molar-refractivity contribution in [1.82, 2.24) is 34.4 Å². The van der Waals surface area contributed by atoms with Gasteiger partial charge in [-0.1, -0.05) is 0 Å². The molecule has 0 bridgehead atoms. The highest BCUT2D eigenvalue weighted by Crippen LogP contribution is 2.32. The maximum Gasteiger partial charge on any atom is 0.233 e. The zero-order valence-corrected chi connectivity index (χ0v) is 13.2. The van der Waals surface area contributed by atoms with Crippen LogP contribution in [0.1, 0.15) is 29.8 Å². The second-order valence-corrected chi connectivity index (χ2v) is 5.88. The molecule has 0 aromatic carbocycles. The van der Waals surface area contributed by atoms with Crippen LogP contribution in [0.15, 0.2) is 24.7 Å². The Morgan fingerprint density at radius 3 is 3.04 bits per heavy atom. The Labute approximate surface area is 133 Å². The van der Waals surface area contributed by atoms with Crippen LogP contribution >= 0.6 is 0 Å². The number of nitrogens with zero attached hydrogens (tertiary/aromatic N) is 6. The molecule has 0 unspecified atom stereocenters. The predicted octanol–water partition coefficient (Wildman–Crippen LogP) is 1.12. The minimum atomic E-state index is 0.141. The Kier molecular flexibility index (Phi) is 3.55. The topological polar surface area (TPSA) is 84.2 Å². The van der Waals surface area contributed by atoms with Gasteiger partial charge < -0.3 is 4.74 Å². The molecule has 1 saturated heterocycles. The van der Waals surface area contributed by atoms with Crippen molar-refractivity contribution in [3.8, 4) is 0 Å². The SMILES string of the molecule is CO[C@@H]1C[C@@H](c2n[nH]c(C)n2)N(Cc2cn3cccnc3n2)C1. The summed E-state index contributed by atoms with van der Waals surface area (Å²) >= 11 is 0. The quantitative estimate of drug-likeness (QED) is 0.777. The van der Waals surface area contributed by atoms with Crippen LogP contribution in [0.5, 0.6) is 0 Å². The van der Waals surface area contributed by atoms with Crippen molar-refractivity contribution in [2.45, 2.75) is 32.0 Å². The fourth-order valence-corrected chi connectivity index (χ4v) is 3.15. The number of likely N-dealkylation sites (tertiary alicyclic amines) is 1. The zero-order valence-electron chi connectivity index (χ0n) is 13.2. The Morgan fingerprint density at radius 2 is 2.30 bits per heavy atom. The molecule has 1 fully saturated rings. The lowest BCUT2D eigenvalue weighted by atomic mass is 10.2. The van der Waals surface area contributed by atoms with Crippen LogP contribution in [-0.4, -0.2) is 54.2 Å². The van der Waals surface area contributed by atoms with Crippen molar-refractivity contribution < 1.29 is 4.74 Å². The number of nitrogens with one attached hydrogen (secondary N) is 1. The summed E-state index contributed by atoms with van der Waals surface area (Å²) in [6.45, 7) is 3.48. The average Bonchev–Trinajstić information content (AvgIpc) is 3.24. The molecular formula is C15H19N7O. The van der Waals surface area contributed by atoms with Gasteiger partial charge in [-0.3, -0.25) is 14.4 Å². The molecule has 0 aliphatic carbocycles. The molecule has 3 aromatic rings. The van der Waals surface area contributed by atoms with Gasteiger partial charge in [-0.05, 0) is 19.4 Å². The van der Waals surface area contributed by atoms with Crippen molar-refractivity contribution in [2.24, 2.45) is 0 Å². The molecule has 0 saturated carbocycles. The number of hydrogen-bond donors (Lipinski definition) is 1. The van der Waals surface area contributed by atoms with Crippen molar-refractivity contribution in [3.05, 3.63) is 42.0 Å². The minimum absolute atomic E-state index is 0.141. The van der Waals surface area contributed by atoms with Gasteiger partial charge in [0.1, 0.15) is 5.82 Å². The molecule has 4 heterocycles. The number of aromatic amines is 1. The lowest BCUT2D eigenvalue weighted by molar-refractivity contribution is 0.107. The summed E-state index contributed by atoms with van der Waals surface area (Å²) in [7, 11) is 1.75. The van der Waals surface area contributed by atoms with E-state index in [-0.39, 0.29) is 12.1 Å². The third-order valence-electron chi connectivity index (χ3n) is 4.26. The molecule has 8 nitrogen and oxygen atoms in total. The third-order valence-corrected chi connectivity index (χ3v) is 4.26. The van der Waals surface area contributed by atoms with Gasteiger partial charge in [0, 0.05) is 38.8 Å². The highest BCUT2D eigenvalue weighted by molar-refractivity contribution is 5.29. The number of rotatable bonds is 4. The van der Waals surface area contributed by atoms with Crippen molar-refractivity contribution >= 4 is 5.78 Å². The van der Waals surface area contributed by atoms with E-state index in [4.69, 9.17) is 4.74 Å². The van der Waals surface area contributed by atoms with E-state index in [0.29, 0.717) is 0 Å². The van der Waals surface area contributed by atoms with E-state index in [0.717, 1.165) is 42.6 Å². The van der Waals surface area contributed by atoms with E-state index in [9.17, 15) is 0 Å². The largest absolute Gasteiger partial charge is 0.380 e. The normalized spacial score (nSPS) is 22.2. The summed E-state index contributed by atoms with van der Waals surface area (Å²) in [6, 6.07) is 2.04. The van der Waals surface area contributed by atoms with Crippen molar-refractivity contribution in [2.75, 3.05) is 13.7 Å².